The first-order chi connectivity index (χ1) is 22.6. The van der Waals surface area contributed by atoms with Gasteiger partial charge in [-0.05, 0) is 103 Å². The van der Waals surface area contributed by atoms with Crippen LogP contribution in [0, 0.1) is 13.8 Å². The average molecular weight is 589 g/mol. The van der Waals surface area contributed by atoms with E-state index in [0.29, 0.717) is 0 Å². The van der Waals surface area contributed by atoms with E-state index < -0.39 is 0 Å². The van der Waals surface area contributed by atoms with Crippen molar-refractivity contribution in [3.8, 4) is 55.6 Å². The molecule has 0 unspecified atom stereocenters. The second kappa shape index (κ2) is 11.6. The van der Waals surface area contributed by atoms with Crippen molar-refractivity contribution in [2.45, 2.75) is 13.8 Å². The molecule has 6 aromatic carbocycles. The maximum absolute atomic E-state index is 4.38. The predicted molar refractivity (Wildman–Crippen MR) is 194 cm³/mol. The molecule has 2 heterocycles. The molecule has 8 rings (SSSR count). The third-order valence-electron chi connectivity index (χ3n) is 8.95. The second-order valence-electron chi connectivity index (χ2n) is 12.1. The van der Waals surface area contributed by atoms with Crippen molar-refractivity contribution < 1.29 is 0 Å². The van der Waals surface area contributed by atoms with Crippen LogP contribution in [-0.4, -0.2) is 9.97 Å². The molecular weight excluding hydrogens is 556 g/mol. The van der Waals surface area contributed by atoms with Crippen LogP contribution in [0.3, 0.4) is 0 Å². The lowest BCUT2D eigenvalue weighted by Crippen LogP contribution is -1.90. The zero-order valence-corrected chi connectivity index (χ0v) is 25.9. The standard InChI is InChI=1S/C44H32N2/c1-29-23-35(27-45-25-29)31-11-15-33(16-12-31)37-19-21-43(41-9-5-3-7-39(37)41)44-22-20-38(40-8-4-6-10-42(40)44)34-17-13-32(14-18-34)36-24-30(2)26-46-28-36/h3-28H,1-2H3. The number of fused-ring (bicyclic) bond motifs is 2. The summed E-state index contributed by atoms with van der Waals surface area (Å²) in [6.07, 6.45) is 7.65. The number of benzene rings is 6. The topological polar surface area (TPSA) is 25.8 Å². The van der Waals surface area contributed by atoms with E-state index in [4.69, 9.17) is 0 Å². The van der Waals surface area contributed by atoms with Crippen molar-refractivity contribution in [3.05, 3.63) is 169 Å². The van der Waals surface area contributed by atoms with Crippen LogP contribution in [0.2, 0.25) is 0 Å². The van der Waals surface area contributed by atoms with E-state index in [0.717, 1.165) is 22.3 Å². The van der Waals surface area contributed by atoms with Crippen LogP contribution in [0.5, 0.6) is 0 Å². The van der Waals surface area contributed by atoms with Crippen LogP contribution < -0.4 is 0 Å². The van der Waals surface area contributed by atoms with E-state index in [9.17, 15) is 0 Å². The number of hydrogen-bond acceptors (Lipinski definition) is 2. The quantitative estimate of drug-likeness (QED) is 0.200. The van der Waals surface area contributed by atoms with Crippen molar-refractivity contribution in [2.24, 2.45) is 0 Å². The molecule has 2 aromatic heterocycles. The molecule has 0 saturated heterocycles. The first kappa shape index (κ1) is 27.7. The van der Waals surface area contributed by atoms with Crippen molar-refractivity contribution in [2.75, 3.05) is 0 Å². The fourth-order valence-corrected chi connectivity index (χ4v) is 6.68. The van der Waals surface area contributed by atoms with Gasteiger partial charge in [0.2, 0.25) is 0 Å². The SMILES string of the molecule is Cc1cncc(-c2ccc(-c3ccc(-c4ccc(-c5ccc(-c6cncc(C)c6)cc5)c5ccccc45)c4ccccc34)cc2)c1. The summed E-state index contributed by atoms with van der Waals surface area (Å²) in [5.74, 6) is 0. The molecule has 0 aliphatic rings. The average Bonchev–Trinajstić information content (AvgIpc) is 3.11. The normalized spacial score (nSPS) is 11.3. The van der Waals surface area contributed by atoms with E-state index in [1.165, 1.54) is 66.1 Å². The summed E-state index contributed by atoms with van der Waals surface area (Å²) < 4.78 is 0. The van der Waals surface area contributed by atoms with Gasteiger partial charge in [-0.1, -0.05) is 121 Å². The van der Waals surface area contributed by atoms with Gasteiger partial charge in [-0.2, -0.15) is 0 Å². The van der Waals surface area contributed by atoms with Crippen LogP contribution in [0.25, 0.3) is 77.2 Å². The molecule has 2 heteroatoms. The first-order valence-electron chi connectivity index (χ1n) is 15.7. The number of aromatic nitrogens is 2. The highest BCUT2D eigenvalue weighted by Crippen LogP contribution is 2.41. The van der Waals surface area contributed by atoms with Crippen LogP contribution in [-0.2, 0) is 0 Å². The lowest BCUT2D eigenvalue weighted by Gasteiger charge is -2.16. The number of pyridine rings is 2. The van der Waals surface area contributed by atoms with E-state index in [2.05, 4.69) is 157 Å². The molecule has 8 aromatic rings. The number of aryl methyl sites for hydroxylation is 2. The summed E-state index contributed by atoms with van der Waals surface area (Å²) in [7, 11) is 0. The highest BCUT2D eigenvalue weighted by Gasteiger charge is 2.14. The Hall–Kier alpha value is -5.86. The van der Waals surface area contributed by atoms with E-state index in [-0.39, 0.29) is 0 Å². The summed E-state index contributed by atoms with van der Waals surface area (Å²) in [6, 6.07) is 48.8. The Morgan fingerprint density at radius 1 is 0.304 bits per heavy atom. The lowest BCUT2D eigenvalue weighted by atomic mass is 9.87. The number of rotatable bonds is 5. The summed E-state index contributed by atoms with van der Waals surface area (Å²) in [5, 5.41) is 5.00. The summed E-state index contributed by atoms with van der Waals surface area (Å²) in [4.78, 5) is 8.76. The Morgan fingerprint density at radius 3 is 1.00 bits per heavy atom. The van der Waals surface area contributed by atoms with Crippen LogP contribution in [0.15, 0.2) is 158 Å². The Balaban J connectivity index is 1.20. The molecule has 0 N–H and O–H groups in total. The third kappa shape index (κ3) is 5.04. The van der Waals surface area contributed by atoms with Crippen molar-refractivity contribution >= 4 is 21.5 Å². The maximum Gasteiger partial charge on any atom is 0.0346 e. The van der Waals surface area contributed by atoms with Gasteiger partial charge < -0.3 is 0 Å². The van der Waals surface area contributed by atoms with Crippen molar-refractivity contribution in [1.29, 1.82) is 0 Å². The van der Waals surface area contributed by atoms with Gasteiger partial charge in [0.05, 0.1) is 0 Å². The van der Waals surface area contributed by atoms with Gasteiger partial charge in [-0.3, -0.25) is 9.97 Å². The Morgan fingerprint density at radius 2 is 0.630 bits per heavy atom. The zero-order valence-electron chi connectivity index (χ0n) is 25.9. The molecule has 0 radical (unpaired) electrons. The van der Waals surface area contributed by atoms with Gasteiger partial charge in [0.15, 0.2) is 0 Å². The summed E-state index contributed by atoms with van der Waals surface area (Å²) >= 11 is 0. The van der Waals surface area contributed by atoms with Gasteiger partial charge in [0, 0.05) is 35.9 Å². The molecular formula is C44H32N2. The summed E-state index contributed by atoms with van der Waals surface area (Å²) in [5.41, 5.74) is 14.3. The van der Waals surface area contributed by atoms with Gasteiger partial charge in [0.25, 0.3) is 0 Å². The Kier molecular flexibility index (Phi) is 6.96. The Labute approximate surface area is 269 Å². The second-order valence-corrected chi connectivity index (χ2v) is 12.1. The minimum atomic E-state index is 1.14. The van der Waals surface area contributed by atoms with Crippen LogP contribution in [0.1, 0.15) is 11.1 Å². The molecule has 0 aliphatic carbocycles. The van der Waals surface area contributed by atoms with Crippen molar-refractivity contribution in [3.63, 3.8) is 0 Å². The molecule has 0 aliphatic heterocycles. The molecule has 2 nitrogen and oxygen atoms in total. The first-order valence-corrected chi connectivity index (χ1v) is 15.7. The van der Waals surface area contributed by atoms with Crippen LogP contribution in [0.4, 0.5) is 0 Å². The van der Waals surface area contributed by atoms with Crippen LogP contribution >= 0.6 is 0 Å². The fraction of sp³-hybridized carbons (Fsp3) is 0.0455. The molecule has 0 fully saturated rings. The smallest absolute Gasteiger partial charge is 0.0346 e. The van der Waals surface area contributed by atoms with Gasteiger partial charge >= 0.3 is 0 Å². The van der Waals surface area contributed by atoms with Gasteiger partial charge in [-0.15, -0.1) is 0 Å². The molecule has 0 atom stereocenters. The fourth-order valence-electron chi connectivity index (χ4n) is 6.68. The number of hydrogen-bond donors (Lipinski definition) is 0. The molecule has 218 valence electrons. The molecule has 0 amide bonds. The highest BCUT2D eigenvalue weighted by molar-refractivity contribution is 6.12. The summed E-state index contributed by atoms with van der Waals surface area (Å²) in [6.45, 7) is 4.16. The lowest BCUT2D eigenvalue weighted by molar-refractivity contribution is 1.27. The molecule has 46 heavy (non-hydrogen) atoms. The van der Waals surface area contributed by atoms with E-state index in [1.54, 1.807) is 0 Å². The highest BCUT2D eigenvalue weighted by atomic mass is 14.6. The zero-order chi connectivity index (χ0) is 31.0. The molecule has 0 saturated carbocycles. The molecule has 0 bridgehead atoms. The number of nitrogens with zero attached hydrogens (tertiary/aromatic N) is 2. The largest absolute Gasteiger partial charge is 0.264 e. The predicted octanol–water partition coefficient (Wildman–Crippen LogP) is 11.7. The molecule has 0 spiro atoms. The van der Waals surface area contributed by atoms with Gasteiger partial charge in [-0.25, -0.2) is 0 Å². The maximum atomic E-state index is 4.38. The van der Waals surface area contributed by atoms with E-state index in [1.807, 2.05) is 24.8 Å². The Bertz CT molecular complexity index is 2200. The van der Waals surface area contributed by atoms with Gasteiger partial charge in [0.1, 0.15) is 0 Å². The minimum Gasteiger partial charge on any atom is -0.264 e. The monoisotopic (exact) mass is 588 g/mol. The minimum absolute atomic E-state index is 1.14. The van der Waals surface area contributed by atoms with Crippen molar-refractivity contribution in [1.82, 2.24) is 9.97 Å². The van der Waals surface area contributed by atoms with E-state index >= 15 is 0 Å². The third-order valence-corrected chi connectivity index (χ3v) is 8.95.